The largest absolute Gasteiger partial charge is 0.490 e. The second-order valence-electron chi connectivity index (χ2n) is 7.66. The first-order valence-electron chi connectivity index (χ1n) is 11.0. The van der Waals surface area contributed by atoms with Crippen molar-refractivity contribution in [3.63, 3.8) is 0 Å². The fourth-order valence-electron chi connectivity index (χ4n) is 3.57. The number of hydrazone groups is 1. The molecular formula is C28H25ClN2O3. The van der Waals surface area contributed by atoms with Gasteiger partial charge in [0, 0.05) is 5.02 Å². The Morgan fingerprint density at radius 1 is 0.941 bits per heavy atom. The van der Waals surface area contributed by atoms with Crippen molar-refractivity contribution in [2.75, 3.05) is 6.61 Å². The average molecular weight is 473 g/mol. The highest BCUT2D eigenvalue weighted by Gasteiger charge is 2.08. The number of hydrogen-bond acceptors (Lipinski definition) is 4. The molecule has 4 rings (SSSR count). The van der Waals surface area contributed by atoms with Gasteiger partial charge in [-0.25, -0.2) is 5.43 Å². The zero-order valence-electron chi connectivity index (χ0n) is 18.8. The molecule has 0 bridgehead atoms. The van der Waals surface area contributed by atoms with Crippen LogP contribution in [0, 0.1) is 0 Å². The van der Waals surface area contributed by atoms with Crippen molar-refractivity contribution in [2.45, 2.75) is 20.0 Å². The molecule has 0 saturated carbocycles. The number of carbonyl (C=O) groups is 1. The van der Waals surface area contributed by atoms with Gasteiger partial charge in [0.2, 0.25) is 5.91 Å². The van der Waals surface area contributed by atoms with Crippen molar-refractivity contribution in [1.82, 2.24) is 5.43 Å². The highest BCUT2D eigenvalue weighted by Crippen LogP contribution is 2.29. The number of rotatable bonds is 9. The van der Waals surface area contributed by atoms with Gasteiger partial charge < -0.3 is 9.47 Å². The van der Waals surface area contributed by atoms with Crippen LogP contribution in [0.2, 0.25) is 5.02 Å². The van der Waals surface area contributed by atoms with Gasteiger partial charge in [0.25, 0.3) is 0 Å². The molecule has 0 fully saturated rings. The monoisotopic (exact) mass is 472 g/mol. The molecule has 4 aromatic rings. The number of carbonyl (C=O) groups excluding carboxylic acids is 1. The minimum Gasteiger partial charge on any atom is -0.490 e. The summed E-state index contributed by atoms with van der Waals surface area (Å²) < 4.78 is 11.7. The summed E-state index contributed by atoms with van der Waals surface area (Å²) >= 11 is 5.94. The summed E-state index contributed by atoms with van der Waals surface area (Å²) in [7, 11) is 0. The van der Waals surface area contributed by atoms with E-state index in [1.807, 2.05) is 91.9 Å². The van der Waals surface area contributed by atoms with E-state index in [0.29, 0.717) is 29.7 Å². The molecule has 0 saturated heterocycles. The molecular weight excluding hydrogens is 448 g/mol. The van der Waals surface area contributed by atoms with Crippen molar-refractivity contribution in [3.8, 4) is 11.5 Å². The standard InChI is InChI=1S/C28H25ClN2O3/c1-2-33-27-16-21(12-15-26(27)34-19-20-10-13-24(29)14-11-20)18-30-31-28(32)17-23-8-5-7-22-6-3-4-9-25(22)23/h3-16,18H,2,17,19H2,1H3,(H,31,32)/b30-18+. The lowest BCUT2D eigenvalue weighted by Gasteiger charge is -2.12. The highest BCUT2D eigenvalue weighted by molar-refractivity contribution is 6.30. The molecule has 4 aromatic carbocycles. The summed E-state index contributed by atoms with van der Waals surface area (Å²) in [5.41, 5.74) is 5.36. The lowest BCUT2D eigenvalue weighted by atomic mass is 10.0. The Kier molecular flexibility index (Phi) is 7.79. The second-order valence-corrected chi connectivity index (χ2v) is 8.10. The van der Waals surface area contributed by atoms with E-state index in [4.69, 9.17) is 21.1 Å². The summed E-state index contributed by atoms with van der Waals surface area (Å²) in [4.78, 5) is 12.4. The molecule has 0 radical (unpaired) electrons. The van der Waals surface area contributed by atoms with Crippen LogP contribution in [0.25, 0.3) is 10.8 Å². The Labute approximate surface area is 204 Å². The molecule has 1 amide bonds. The number of halogens is 1. The molecule has 0 unspecified atom stereocenters. The van der Waals surface area contributed by atoms with Crippen molar-refractivity contribution in [3.05, 3.63) is 107 Å². The molecule has 0 aliphatic carbocycles. The zero-order chi connectivity index (χ0) is 23.8. The lowest BCUT2D eigenvalue weighted by Crippen LogP contribution is -2.19. The first-order valence-corrected chi connectivity index (χ1v) is 11.4. The molecule has 0 aliphatic rings. The third-order valence-corrected chi connectivity index (χ3v) is 5.46. The quantitative estimate of drug-likeness (QED) is 0.234. The molecule has 1 N–H and O–H groups in total. The van der Waals surface area contributed by atoms with E-state index < -0.39 is 0 Å². The van der Waals surface area contributed by atoms with Gasteiger partial charge in [-0.2, -0.15) is 5.10 Å². The van der Waals surface area contributed by atoms with Gasteiger partial charge in [-0.15, -0.1) is 0 Å². The molecule has 0 spiro atoms. The number of ether oxygens (including phenoxy) is 2. The van der Waals surface area contributed by atoms with E-state index in [1.54, 1.807) is 6.21 Å². The van der Waals surface area contributed by atoms with Crippen molar-refractivity contribution >= 4 is 34.5 Å². The number of fused-ring (bicyclic) bond motifs is 1. The van der Waals surface area contributed by atoms with Crippen molar-refractivity contribution < 1.29 is 14.3 Å². The van der Waals surface area contributed by atoms with E-state index in [9.17, 15) is 4.79 Å². The van der Waals surface area contributed by atoms with Crippen LogP contribution in [0.15, 0.2) is 90.0 Å². The molecule has 0 aromatic heterocycles. The summed E-state index contributed by atoms with van der Waals surface area (Å²) in [6, 6.07) is 27.0. The SMILES string of the molecule is CCOc1cc(/C=N/NC(=O)Cc2cccc3ccccc23)ccc1OCc1ccc(Cl)cc1. The molecule has 172 valence electrons. The summed E-state index contributed by atoms with van der Waals surface area (Å²) in [6.07, 6.45) is 1.84. The molecule has 0 aliphatic heterocycles. The first kappa shape index (κ1) is 23.3. The number of nitrogens with one attached hydrogen (secondary N) is 1. The van der Waals surface area contributed by atoms with Gasteiger partial charge in [-0.3, -0.25) is 4.79 Å². The first-order chi connectivity index (χ1) is 16.6. The Morgan fingerprint density at radius 2 is 1.74 bits per heavy atom. The van der Waals surface area contributed by atoms with E-state index in [1.165, 1.54) is 0 Å². The van der Waals surface area contributed by atoms with E-state index in [-0.39, 0.29) is 12.3 Å². The normalized spacial score (nSPS) is 11.0. The van der Waals surface area contributed by atoms with Crippen molar-refractivity contribution in [2.24, 2.45) is 5.10 Å². The summed E-state index contributed by atoms with van der Waals surface area (Å²) in [5.74, 6) is 1.07. The summed E-state index contributed by atoms with van der Waals surface area (Å²) in [6.45, 7) is 2.81. The van der Waals surface area contributed by atoms with Gasteiger partial charge in [-0.1, -0.05) is 66.2 Å². The third-order valence-electron chi connectivity index (χ3n) is 5.21. The molecule has 34 heavy (non-hydrogen) atoms. The van der Waals surface area contributed by atoms with Crippen LogP contribution in [0.3, 0.4) is 0 Å². The fraction of sp³-hybridized carbons (Fsp3) is 0.143. The fourth-order valence-corrected chi connectivity index (χ4v) is 3.70. The number of nitrogens with zero attached hydrogens (tertiary/aromatic N) is 1. The maximum atomic E-state index is 12.4. The predicted octanol–water partition coefficient (Wildman–Crippen LogP) is 6.16. The Bertz CT molecular complexity index is 1300. The van der Waals surface area contributed by atoms with E-state index in [2.05, 4.69) is 10.5 Å². The smallest absolute Gasteiger partial charge is 0.244 e. The van der Waals surface area contributed by atoms with Crippen LogP contribution in [-0.2, 0) is 17.8 Å². The van der Waals surface area contributed by atoms with E-state index in [0.717, 1.165) is 27.5 Å². The second kappa shape index (κ2) is 11.3. The van der Waals surface area contributed by atoms with Crippen LogP contribution >= 0.6 is 11.6 Å². The van der Waals surface area contributed by atoms with Crippen molar-refractivity contribution in [1.29, 1.82) is 0 Å². The summed E-state index contributed by atoms with van der Waals surface area (Å²) in [5, 5.41) is 6.98. The van der Waals surface area contributed by atoms with Crippen LogP contribution in [-0.4, -0.2) is 18.7 Å². The Morgan fingerprint density at radius 3 is 2.56 bits per heavy atom. The van der Waals surface area contributed by atoms with Gasteiger partial charge in [0.1, 0.15) is 6.61 Å². The van der Waals surface area contributed by atoms with Gasteiger partial charge in [0.15, 0.2) is 11.5 Å². The zero-order valence-corrected chi connectivity index (χ0v) is 19.6. The molecule has 0 atom stereocenters. The van der Waals surface area contributed by atoms with E-state index >= 15 is 0 Å². The van der Waals surface area contributed by atoms with Gasteiger partial charge in [-0.05, 0) is 64.7 Å². The molecule has 5 nitrogen and oxygen atoms in total. The molecule has 6 heteroatoms. The number of amides is 1. The Hall–Kier alpha value is -3.83. The maximum Gasteiger partial charge on any atom is 0.244 e. The van der Waals surface area contributed by atoms with Crippen LogP contribution in [0.1, 0.15) is 23.6 Å². The minimum absolute atomic E-state index is 0.180. The maximum absolute atomic E-state index is 12.4. The highest BCUT2D eigenvalue weighted by atomic mass is 35.5. The predicted molar refractivity (Wildman–Crippen MR) is 137 cm³/mol. The Balaban J connectivity index is 1.38. The lowest BCUT2D eigenvalue weighted by molar-refractivity contribution is -0.120. The van der Waals surface area contributed by atoms with Gasteiger partial charge >= 0.3 is 0 Å². The van der Waals surface area contributed by atoms with Crippen LogP contribution in [0.4, 0.5) is 0 Å². The number of hydrogen-bond donors (Lipinski definition) is 1. The minimum atomic E-state index is -0.180. The number of benzene rings is 4. The third kappa shape index (κ3) is 6.15. The molecule has 0 heterocycles. The topological polar surface area (TPSA) is 59.9 Å². The van der Waals surface area contributed by atoms with Gasteiger partial charge in [0.05, 0.1) is 19.2 Å². The van der Waals surface area contributed by atoms with Crippen LogP contribution < -0.4 is 14.9 Å². The van der Waals surface area contributed by atoms with Crippen LogP contribution in [0.5, 0.6) is 11.5 Å². The average Bonchev–Trinajstić information content (AvgIpc) is 2.85.